The second-order valence-electron chi connectivity index (χ2n) is 12.3. The molecule has 4 heterocycles. The molecule has 2 aliphatic rings. The Morgan fingerprint density at radius 3 is 2.63 bits per heavy atom. The Hall–Kier alpha value is -5.11. The molecular formula is C32H33N7O6S. The van der Waals surface area contributed by atoms with Gasteiger partial charge in [0.15, 0.2) is 17.1 Å². The summed E-state index contributed by atoms with van der Waals surface area (Å²) in [4.78, 5) is 23.4. The van der Waals surface area contributed by atoms with Gasteiger partial charge in [-0.05, 0) is 68.7 Å². The Labute approximate surface area is 265 Å². The molecule has 0 bridgehead atoms. The number of likely N-dealkylation sites (tertiary alicyclic amines) is 1. The maximum atomic E-state index is 13.5. The number of fused-ring (bicyclic) bond motifs is 3. The summed E-state index contributed by atoms with van der Waals surface area (Å²) in [5.41, 5.74) is 7.49. The monoisotopic (exact) mass is 643 g/mol. The number of nitrogens with zero attached hydrogens (tertiary/aromatic N) is 5. The lowest BCUT2D eigenvalue weighted by Gasteiger charge is -2.34. The Bertz CT molecular complexity index is 2110. The van der Waals surface area contributed by atoms with Crippen molar-refractivity contribution in [2.75, 3.05) is 30.3 Å². The molecule has 1 fully saturated rings. The highest BCUT2D eigenvalue weighted by Crippen LogP contribution is 2.48. The molecule has 7 rings (SSSR count). The first kappa shape index (κ1) is 29.6. The number of nitrogen functional groups attached to an aromatic ring is 1. The number of nitrogens with one attached hydrogen (secondary N) is 1. The van der Waals surface area contributed by atoms with Crippen molar-refractivity contribution in [2.24, 2.45) is 0 Å². The third-order valence-corrected chi connectivity index (χ3v) is 9.32. The van der Waals surface area contributed by atoms with Crippen molar-refractivity contribution in [1.82, 2.24) is 24.6 Å². The molecule has 14 heteroatoms. The SMILES string of the molecule is CC(C)(C)OC(=O)N1CCC[C@@H](n2nc(-c3ccc(NS(=O)(=O)c4ccc5ccccc5c4)c4c3OCO4)c3c(N)ncnc32)C1. The lowest BCUT2D eigenvalue weighted by Crippen LogP contribution is -2.43. The minimum absolute atomic E-state index is 0.116. The van der Waals surface area contributed by atoms with Crippen molar-refractivity contribution >= 4 is 49.4 Å². The summed E-state index contributed by atoms with van der Waals surface area (Å²) < 4.78 is 48.6. The number of carbonyl (C=O) groups excluding carboxylic acids is 1. The van der Waals surface area contributed by atoms with Gasteiger partial charge in [-0.1, -0.05) is 30.3 Å². The molecule has 13 nitrogen and oxygen atoms in total. The third-order valence-electron chi connectivity index (χ3n) is 7.96. The van der Waals surface area contributed by atoms with Gasteiger partial charge in [0.25, 0.3) is 10.0 Å². The number of rotatable bonds is 5. The lowest BCUT2D eigenvalue weighted by atomic mass is 10.1. The zero-order chi connectivity index (χ0) is 32.2. The van der Waals surface area contributed by atoms with E-state index in [-0.39, 0.29) is 41.1 Å². The van der Waals surface area contributed by atoms with Gasteiger partial charge in [-0.25, -0.2) is 27.9 Å². The summed E-state index contributed by atoms with van der Waals surface area (Å²) in [6.07, 6.45) is 2.50. The molecule has 238 valence electrons. The molecule has 1 saturated heterocycles. The number of aromatic nitrogens is 4. The fraction of sp³-hybridized carbons (Fsp3) is 0.312. The fourth-order valence-corrected chi connectivity index (χ4v) is 6.98. The smallest absolute Gasteiger partial charge is 0.410 e. The number of piperidine rings is 1. The lowest BCUT2D eigenvalue weighted by molar-refractivity contribution is 0.0169. The van der Waals surface area contributed by atoms with E-state index in [1.54, 1.807) is 39.9 Å². The molecule has 5 aromatic rings. The Balaban J connectivity index is 1.25. The number of nitrogens with two attached hydrogens (primary N) is 1. The van der Waals surface area contributed by atoms with Crippen LogP contribution in [0.5, 0.6) is 11.5 Å². The van der Waals surface area contributed by atoms with Crippen LogP contribution in [0.1, 0.15) is 39.7 Å². The van der Waals surface area contributed by atoms with Gasteiger partial charge >= 0.3 is 6.09 Å². The van der Waals surface area contributed by atoms with Gasteiger partial charge in [0.05, 0.1) is 22.0 Å². The first-order valence-corrected chi connectivity index (χ1v) is 16.4. The predicted molar refractivity (Wildman–Crippen MR) is 172 cm³/mol. The van der Waals surface area contributed by atoms with Crippen molar-refractivity contribution in [2.45, 2.75) is 50.2 Å². The highest BCUT2D eigenvalue weighted by Gasteiger charge is 2.33. The minimum Gasteiger partial charge on any atom is -0.453 e. The normalized spacial score (nSPS) is 16.6. The summed E-state index contributed by atoms with van der Waals surface area (Å²) in [6, 6.07) is 15.6. The van der Waals surface area contributed by atoms with Gasteiger partial charge in [0, 0.05) is 18.7 Å². The second kappa shape index (κ2) is 11.1. The van der Waals surface area contributed by atoms with Crippen molar-refractivity contribution < 1.29 is 27.4 Å². The van der Waals surface area contributed by atoms with Crippen molar-refractivity contribution in [1.29, 1.82) is 0 Å². The number of amides is 1. The highest BCUT2D eigenvalue weighted by atomic mass is 32.2. The second-order valence-corrected chi connectivity index (χ2v) is 14.0. The van der Waals surface area contributed by atoms with Crippen LogP contribution < -0.4 is 19.9 Å². The van der Waals surface area contributed by atoms with Gasteiger partial charge in [-0.3, -0.25) is 4.72 Å². The molecule has 3 N–H and O–H groups in total. The Morgan fingerprint density at radius 1 is 1.04 bits per heavy atom. The zero-order valence-electron chi connectivity index (χ0n) is 25.6. The van der Waals surface area contributed by atoms with E-state index in [9.17, 15) is 13.2 Å². The minimum atomic E-state index is -3.97. The van der Waals surface area contributed by atoms with E-state index in [1.807, 2.05) is 45.0 Å². The van der Waals surface area contributed by atoms with Crippen LogP contribution >= 0.6 is 0 Å². The predicted octanol–water partition coefficient (Wildman–Crippen LogP) is 5.33. The van der Waals surface area contributed by atoms with E-state index in [0.717, 1.165) is 23.6 Å². The number of anilines is 2. The summed E-state index contributed by atoms with van der Waals surface area (Å²) in [7, 11) is -3.97. The molecule has 0 spiro atoms. The zero-order valence-corrected chi connectivity index (χ0v) is 26.4. The Kier molecular flexibility index (Phi) is 7.11. The molecule has 46 heavy (non-hydrogen) atoms. The van der Waals surface area contributed by atoms with Crippen molar-refractivity contribution in [3.05, 3.63) is 60.9 Å². The number of sulfonamides is 1. The number of hydrogen-bond donors (Lipinski definition) is 2. The third kappa shape index (κ3) is 5.38. The summed E-state index contributed by atoms with van der Waals surface area (Å²) >= 11 is 0. The van der Waals surface area contributed by atoms with E-state index >= 15 is 0 Å². The van der Waals surface area contributed by atoms with Gasteiger partial charge in [-0.2, -0.15) is 5.10 Å². The molecule has 2 aliphatic heterocycles. The molecule has 3 aromatic carbocycles. The highest BCUT2D eigenvalue weighted by molar-refractivity contribution is 7.92. The standard InChI is InChI=1S/C32H33N7O6S/c1-32(2,3)45-31(40)38-14-6-9-21(16-38)39-30-25(29(33)34-17-35-30)26(36-39)23-12-13-24(28-27(23)43-18-44-28)37-46(41,42)22-11-10-19-7-4-5-8-20(19)15-22/h4-5,7-8,10-13,15,17,21,37H,6,9,14,16,18H2,1-3H3,(H2,33,34,35)/t21-/m1/s1. The van der Waals surface area contributed by atoms with Crippen LogP contribution in [0.3, 0.4) is 0 Å². The summed E-state index contributed by atoms with van der Waals surface area (Å²) in [6.45, 7) is 6.34. The maximum absolute atomic E-state index is 13.5. The molecular weight excluding hydrogens is 610 g/mol. The number of carbonyl (C=O) groups is 1. The van der Waals surface area contributed by atoms with E-state index in [1.165, 1.54) is 6.33 Å². The van der Waals surface area contributed by atoms with Crippen LogP contribution in [-0.2, 0) is 14.8 Å². The quantitative estimate of drug-likeness (QED) is 0.256. The van der Waals surface area contributed by atoms with Crippen LogP contribution in [0.2, 0.25) is 0 Å². The van der Waals surface area contributed by atoms with Crippen molar-refractivity contribution in [3.8, 4) is 22.8 Å². The average Bonchev–Trinajstić information content (AvgIpc) is 3.67. The van der Waals surface area contributed by atoms with Crippen LogP contribution in [0.25, 0.3) is 33.1 Å². The molecule has 0 aliphatic carbocycles. The summed E-state index contributed by atoms with van der Waals surface area (Å²) in [5, 5.41) is 7.20. The summed E-state index contributed by atoms with van der Waals surface area (Å²) in [5.74, 6) is 0.765. The number of ether oxygens (including phenoxy) is 3. The van der Waals surface area contributed by atoms with E-state index in [0.29, 0.717) is 41.1 Å². The van der Waals surface area contributed by atoms with E-state index in [4.69, 9.17) is 25.0 Å². The van der Waals surface area contributed by atoms with Gasteiger partial charge in [0.2, 0.25) is 6.79 Å². The number of benzene rings is 3. The largest absolute Gasteiger partial charge is 0.453 e. The Morgan fingerprint density at radius 2 is 1.83 bits per heavy atom. The molecule has 2 aromatic heterocycles. The van der Waals surface area contributed by atoms with Crippen LogP contribution in [-0.4, -0.2) is 64.6 Å². The van der Waals surface area contributed by atoms with Gasteiger partial charge in [-0.15, -0.1) is 0 Å². The molecule has 1 amide bonds. The first-order valence-electron chi connectivity index (χ1n) is 14.9. The van der Waals surface area contributed by atoms with E-state index < -0.39 is 15.6 Å². The topological polar surface area (TPSA) is 164 Å². The van der Waals surface area contributed by atoms with Gasteiger partial charge < -0.3 is 24.8 Å². The van der Waals surface area contributed by atoms with Crippen LogP contribution in [0.4, 0.5) is 16.3 Å². The van der Waals surface area contributed by atoms with Crippen LogP contribution in [0.15, 0.2) is 65.8 Å². The average molecular weight is 644 g/mol. The fourth-order valence-electron chi connectivity index (χ4n) is 5.89. The molecule has 0 radical (unpaired) electrons. The van der Waals surface area contributed by atoms with Crippen molar-refractivity contribution in [3.63, 3.8) is 0 Å². The molecule has 0 saturated carbocycles. The maximum Gasteiger partial charge on any atom is 0.410 e. The molecule has 0 unspecified atom stereocenters. The van der Waals surface area contributed by atoms with E-state index in [2.05, 4.69) is 14.7 Å². The van der Waals surface area contributed by atoms with Crippen LogP contribution in [0, 0.1) is 0 Å². The van der Waals surface area contributed by atoms with Gasteiger partial charge in [0.1, 0.15) is 23.4 Å². The molecule has 1 atom stereocenters. The first-order chi connectivity index (χ1) is 22.0. The number of hydrogen-bond acceptors (Lipinski definition) is 10.